The van der Waals surface area contributed by atoms with Gasteiger partial charge in [-0.05, 0) is 6.08 Å². The first-order valence-electron chi connectivity index (χ1n) is 4.92. The van der Waals surface area contributed by atoms with Crippen molar-refractivity contribution in [2.24, 2.45) is 0 Å². The third-order valence-electron chi connectivity index (χ3n) is 2.20. The van der Waals surface area contributed by atoms with Gasteiger partial charge in [0.1, 0.15) is 6.61 Å². The Balaban J connectivity index is 2.42. The Labute approximate surface area is 93.4 Å². The molecule has 1 saturated heterocycles. The molecule has 16 heavy (non-hydrogen) atoms. The van der Waals surface area contributed by atoms with Gasteiger partial charge in [-0.2, -0.15) is 0 Å². The lowest BCUT2D eigenvalue weighted by Gasteiger charge is -2.16. The van der Waals surface area contributed by atoms with Gasteiger partial charge in [-0.3, -0.25) is 14.5 Å². The molecule has 0 aromatic rings. The summed E-state index contributed by atoms with van der Waals surface area (Å²) >= 11 is 0. The number of ether oxygens (including phenoxy) is 1. The fraction of sp³-hybridized carbons (Fsp3) is 0.500. The highest BCUT2D eigenvalue weighted by molar-refractivity contribution is 6.01. The normalized spacial score (nSPS) is 15.2. The minimum atomic E-state index is -0.403. The molecule has 1 aliphatic heterocycles. The van der Waals surface area contributed by atoms with Crippen LogP contribution in [0.4, 0.5) is 4.79 Å². The summed E-state index contributed by atoms with van der Waals surface area (Å²) in [6.07, 6.45) is 1.10. The molecule has 6 heteroatoms. The molecule has 3 amide bonds. The van der Waals surface area contributed by atoms with Crippen LogP contribution >= 0.6 is 0 Å². The summed E-state index contributed by atoms with van der Waals surface area (Å²) in [4.78, 5) is 35.9. The molecule has 0 atom stereocenters. The van der Waals surface area contributed by atoms with Crippen molar-refractivity contribution in [3.8, 4) is 0 Å². The van der Waals surface area contributed by atoms with E-state index in [1.807, 2.05) is 0 Å². The van der Waals surface area contributed by atoms with Crippen LogP contribution in [0.3, 0.4) is 0 Å². The van der Waals surface area contributed by atoms with E-state index in [-0.39, 0.29) is 18.6 Å². The number of nitrogens with zero attached hydrogens (tertiary/aromatic N) is 2. The first-order chi connectivity index (χ1) is 7.56. The summed E-state index contributed by atoms with van der Waals surface area (Å²) in [5, 5.41) is 0. The summed E-state index contributed by atoms with van der Waals surface area (Å²) in [6, 6.07) is -0.364. The second-order valence-corrected chi connectivity index (χ2v) is 3.30. The number of imide groups is 1. The zero-order valence-corrected chi connectivity index (χ0v) is 9.14. The van der Waals surface area contributed by atoms with Gasteiger partial charge in [0.2, 0.25) is 0 Å². The van der Waals surface area contributed by atoms with Crippen LogP contribution in [0.15, 0.2) is 12.7 Å². The summed E-state index contributed by atoms with van der Waals surface area (Å²) in [5.41, 5.74) is 0. The zero-order chi connectivity index (χ0) is 12.1. The quantitative estimate of drug-likeness (QED) is 0.500. The molecule has 0 unspecified atom stereocenters. The van der Waals surface area contributed by atoms with Crippen molar-refractivity contribution >= 4 is 17.9 Å². The minimum Gasteiger partial charge on any atom is -0.464 e. The molecule has 0 saturated carbocycles. The van der Waals surface area contributed by atoms with E-state index in [0.29, 0.717) is 19.6 Å². The van der Waals surface area contributed by atoms with Gasteiger partial charge in [0.15, 0.2) is 0 Å². The van der Waals surface area contributed by atoms with Gasteiger partial charge in [0.25, 0.3) is 5.91 Å². The molecule has 1 heterocycles. The molecule has 1 aliphatic rings. The molecule has 0 bridgehead atoms. The molecule has 0 radical (unpaired) electrons. The average molecular weight is 226 g/mol. The fourth-order valence-electron chi connectivity index (χ4n) is 1.40. The van der Waals surface area contributed by atoms with E-state index in [0.717, 1.165) is 11.0 Å². The third kappa shape index (κ3) is 2.82. The maximum atomic E-state index is 11.6. The zero-order valence-electron chi connectivity index (χ0n) is 9.14. The Bertz CT molecular complexity index is 327. The van der Waals surface area contributed by atoms with E-state index in [1.165, 1.54) is 11.8 Å². The number of carbonyl (C=O) groups excluding carboxylic acids is 3. The van der Waals surface area contributed by atoms with Gasteiger partial charge >= 0.3 is 12.0 Å². The Morgan fingerprint density at radius 2 is 2.19 bits per heavy atom. The summed E-state index contributed by atoms with van der Waals surface area (Å²) in [6.45, 7) is 5.89. The number of esters is 1. The Hall–Kier alpha value is -1.85. The molecular formula is C10H14N2O4. The van der Waals surface area contributed by atoms with Crippen LogP contribution < -0.4 is 0 Å². The van der Waals surface area contributed by atoms with E-state index in [1.54, 1.807) is 0 Å². The highest BCUT2D eigenvalue weighted by atomic mass is 16.5. The number of hydrogen-bond acceptors (Lipinski definition) is 4. The largest absolute Gasteiger partial charge is 0.464 e. The second-order valence-electron chi connectivity index (χ2n) is 3.30. The van der Waals surface area contributed by atoms with E-state index in [9.17, 15) is 14.4 Å². The number of hydrogen-bond donors (Lipinski definition) is 0. The Morgan fingerprint density at radius 3 is 2.75 bits per heavy atom. The van der Waals surface area contributed by atoms with Crippen molar-refractivity contribution < 1.29 is 19.1 Å². The maximum absolute atomic E-state index is 11.6. The van der Waals surface area contributed by atoms with Crippen LogP contribution in [0.2, 0.25) is 0 Å². The fourth-order valence-corrected chi connectivity index (χ4v) is 1.40. The van der Waals surface area contributed by atoms with Crippen LogP contribution in [0.25, 0.3) is 0 Å². The molecular weight excluding hydrogens is 212 g/mol. The van der Waals surface area contributed by atoms with E-state index in [4.69, 9.17) is 4.74 Å². The number of rotatable bonds is 4. The molecule has 88 valence electrons. The van der Waals surface area contributed by atoms with E-state index in [2.05, 4.69) is 6.58 Å². The van der Waals surface area contributed by atoms with Crippen molar-refractivity contribution in [3.05, 3.63) is 12.7 Å². The molecule has 1 fully saturated rings. The highest BCUT2D eigenvalue weighted by Crippen LogP contribution is 2.08. The van der Waals surface area contributed by atoms with Gasteiger partial charge in [-0.25, -0.2) is 4.79 Å². The standard InChI is InChI=1S/C10H14N2O4/c1-3-9(14)12-5-4-11(10(12)15)6-7-16-8(2)13/h3H,1,4-7H2,2H3. The lowest BCUT2D eigenvalue weighted by Crippen LogP contribution is -2.36. The summed E-state index contributed by atoms with van der Waals surface area (Å²) in [7, 11) is 0. The minimum absolute atomic E-state index is 0.150. The molecule has 0 aromatic carbocycles. The molecule has 6 nitrogen and oxygen atoms in total. The lowest BCUT2D eigenvalue weighted by atomic mass is 10.5. The van der Waals surface area contributed by atoms with Crippen LogP contribution in [-0.2, 0) is 14.3 Å². The topological polar surface area (TPSA) is 66.9 Å². The SMILES string of the molecule is C=CC(=O)N1CCN(CCOC(C)=O)C1=O. The Morgan fingerprint density at radius 1 is 1.50 bits per heavy atom. The molecule has 0 spiro atoms. The predicted octanol–water partition coefficient (Wildman–Crippen LogP) is -0.000300. The van der Waals surface area contributed by atoms with Crippen LogP contribution in [0.1, 0.15) is 6.92 Å². The van der Waals surface area contributed by atoms with Gasteiger partial charge in [-0.15, -0.1) is 0 Å². The number of amides is 3. The van der Waals surface area contributed by atoms with Crippen LogP contribution in [-0.4, -0.2) is 53.9 Å². The van der Waals surface area contributed by atoms with Crippen LogP contribution in [0.5, 0.6) is 0 Å². The lowest BCUT2D eigenvalue weighted by molar-refractivity contribution is -0.141. The first-order valence-corrected chi connectivity index (χ1v) is 4.92. The van der Waals surface area contributed by atoms with Gasteiger partial charge < -0.3 is 9.64 Å². The predicted molar refractivity (Wildman–Crippen MR) is 55.5 cm³/mol. The van der Waals surface area contributed by atoms with Crippen LogP contribution in [0, 0.1) is 0 Å². The van der Waals surface area contributed by atoms with E-state index < -0.39 is 5.91 Å². The van der Waals surface area contributed by atoms with Crippen molar-refractivity contribution in [2.45, 2.75) is 6.92 Å². The molecule has 1 rings (SSSR count). The molecule has 0 aliphatic carbocycles. The second kappa shape index (κ2) is 5.29. The van der Waals surface area contributed by atoms with Crippen molar-refractivity contribution in [3.63, 3.8) is 0 Å². The molecule has 0 N–H and O–H groups in total. The number of urea groups is 1. The highest BCUT2D eigenvalue weighted by Gasteiger charge is 2.31. The van der Waals surface area contributed by atoms with Gasteiger partial charge in [0.05, 0.1) is 6.54 Å². The Kier molecular flexibility index (Phi) is 4.04. The average Bonchev–Trinajstić information content (AvgIpc) is 2.59. The van der Waals surface area contributed by atoms with Crippen molar-refractivity contribution in [2.75, 3.05) is 26.2 Å². The third-order valence-corrected chi connectivity index (χ3v) is 2.20. The smallest absolute Gasteiger partial charge is 0.327 e. The van der Waals surface area contributed by atoms with E-state index >= 15 is 0 Å². The van der Waals surface area contributed by atoms with Gasteiger partial charge in [0, 0.05) is 20.0 Å². The van der Waals surface area contributed by atoms with Crippen molar-refractivity contribution in [1.82, 2.24) is 9.80 Å². The number of carbonyl (C=O) groups is 3. The maximum Gasteiger partial charge on any atom is 0.327 e. The first kappa shape index (κ1) is 12.2. The summed E-state index contributed by atoms with van der Waals surface area (Å²) in [5.74, 6) is -0.786. The molecule has 0 aromatic heterocycles. The summed E-state index contributed by atoms with van der Waals surface area (Å²) < 4.78 is 4.72. The van der Waals surface area contributed by atoms with Crippen molar-refractivity contribution in [1.29, 1.82) is 0 Å². The monoisotopic (exact) mass is 226 g/mol. The van der Waals surface area contributed by atoms with Gasteiger partial charge in [-0.1, -0.05) is 6.58 Å².